The quantitative estimate of drug-likeness (QED) is 0.541. The van der Waals surface area contributed by atoms with Crippen LogP contribution in [0.5, 0.6) is 0 Å². The second kappa shape index (κ2) is 9.99. The normalized spacial score (nSPS) is 21.4. The van der Waals surface area contributed by atoms with Crippen LogP contribution in [0.25, 0.3) is 5.69 Å². The van der Waals surface area contributed by atoms with Crippen molar-refractivity contribution in [2.45, 2.75) is 25.4 Å². The number of nitrogens with zero attached hydrogens (tertiary/aromatic N) is 5. The molecular formula is C25H30N6OS. The van der Waals surface area contributed by atoms with Crippen molar-refractivity contribution in [2.75, 3.05) is 39.4 Å². The molecule has 172 valence electrons. The van der Waals surface area contributed by atoms with Gasteiger partial charge >= 0.3 is 0 Å². The molecule has 0 aliphatic carbocycles. The summed E-state index contributed by atoms with van der Waals surface area (Å²) in [4.78, 5) is 13.9. The highest BCUT2D eigenvalue weighted by Crippen LogP contribution is 2.40. The fourth-order valence-corrected chi connectivity index (χ4v) is 5.22. The van der Waals surface area contributed by atoms with Crippen LogP contribution < -0.4 is 5.32 Å². The molecule has 0 bridgehead atoms. The van der Waals surface area contributed by atoms with Crippen molar-refractivity contribution in [3.05, 3.63) is 78.1 Å². The van der Waals surface area contributed by atoms with Crippen molar-refractivity contribution < 1.29 is 4.74 Å². The number of morpholine rings is 1. The summed E-state index contributed by atoms with van der Waals surface area (Å²) in [6, 6.07) is 14.5. The lowest BCUT2D eigenvalue weighted by Crippen LogP contribution is -2.39. The minimum absolute atomic E-state index is 0.0215. The van der Waals surface area contributed by atoms with Gasteiger partial charge in [-0.05, 0) is 62.0 Å². The van der Waals surface area contributed by atoms with Crippen LogP contribution in [0.15, 0.2) is 61.1 Å². The maximum atomic E-state index is 5.86. The van der Waals surface area contributed by atoms with E-state index < -0.39 is 0 Å². The number of hydrogen-bond donors (Lipinski definition) is 1. The topological polar surface area (TPSA) is 58.5 Å². The van der Waals surface area contributed by atoms with Crippen molar-refractivity contribution >= 4 is 17.3 Å². The summed E-state index contributed by atoms with van der Waals surface area (Å²) in [6.45, 7) is 7.73. The Morgan fingerprint density at radius 3 is 2.70 bits per heavy atom. The highest BCUT2D eigenvalue weighted by Gasteiger charge is 2.41. The molecule has 2 fully saturated rings. The molecule has 3 aromatic heterocycles. The summed E-state index contributed by atoms with van der Waals surface area (Å²) >= 11 is 5.86. The minimum atomic E-state index is -0.0215. The van der Waals surface area contributed by atoms with E-state index >= 15 is 0 Å². The van der Waals surface area contributed by atoms with Gasteiger partial charge < -0.3 is 19.5 Å². The Balaban J connectivity index is 1.47. The molecule has 0 unspecified atom stereocenters. The van der Waals surface area contributed by atoms with Gasteiger partial charge in [0.05, 0.1) is 42.9 Å². The van der Waals surface area contributed by atoms with Crippen molar-refractivity contribution in [2.24, 2.45) is 0 Å². The number of rotatable bonds is 7. The third-order valence-electron chi connectivity index (χ3n) is 6.49. The number of ether oxygens (including phenoxy) is 1. The maximum Gasteiger partial charge on any atom is 0.170 e. The molecule has 0 radical (unpaired) electrons. The first kappa shape index (κ1) is 22.0. The molecule has 5 heterocycles. The van der Waals surface area contributed by atoms with E-state index in [-0.39, 0.29) is 12.1 Å². The smallest absolute Gasteiger partial charge is 0.170 e. The second-order valence-electron chi connectivity index (χ2n) is 8.57. The van der Waals surface area contributed by atoms with Gasteiger partial charge in [0.15, 0.2) is 5.11 Å². The maximum absolute atomic E-state index is 5.86. The molecule has 1 N–H and O–H groups in total. The molecule has 2 aliphatic rings. The molecule has 2 aliphatic heterocycles. The van der Waals surface area contributed by atoms with Gasteiger partial charge in [0, 0.05) is 50.0 Å². The molecule has 2 saturated heterocycles. The summed E-state index contributed by atoms with van der Waals surface area (Å²) in [6.07, 6.45) is 6.61. The van der Waals surface area contributed by atoms with Gasteiger partial charge in [-0.15, -0.1) is 0 Å². The molecule has 7 nitrogen and oxygen atoms in total. The van der Waals surface area contributed by atoms with Gasteiger partial charge in [-0.25, -0.2) is 0 Å². The number of aryl methyl sites for hydroxylation is 1. The van der Waals surface area contributed by atoms with Crippen LogP contribution >= 0.6 is 12.2 Å². The van der Waals surface area contributed by atoms with Gasteiger partial charge in [-0.2, -0.15) is 0 Å². The number of hydrogen-bond acceptors (Lipinski definition) is 5. The summed E-state index contributed by atoms with van der Waals surface area (Å²) in [5, 5.41) is 4.36. The first-order chi connectivity index (χ1) is 16.2. The van der Waals surface area contributed by atoms with E-state index in [1.54, 1.807) is 0 Å². The van der Waals surface area contributed by atoms with E-state index in [0.29, 0.717) is 0 Å². The number of nitrogens with one attached hydrogen (secondary N) is 1. The predicted molar refractivity (Wildman–Crippen MR) is 132 cm³/mol. The van der Waals surface area contributed by atoms with Crippen LogP contribution in [0.4, 0.5) is 0 Å². The fraction of sp³-hybridized carbons (Fsp3) is 0.400. The Labute approximate surface area is 200 Å². The predicted octanol–water partition coefficient (Wildman–Crippen LogP) is 3.27. The highest BCUT2D eigenvalue weighted by molar-refractivity contribution is 7.80. The van der Waals surface area contributed by atoms with Gasteiger partial charge in [0.25, 0.3) is 0 Å². The lowest BCUT2D eigenvalue weighted by molar-refractivity contribution is 0.0365. The zero-order valence-corrected chi connectivity index (χ0v) is 19.7. The molecule has 8 heteroatoms. The number of thiocarbonyl (C=S) groups is 1. The van der Waals surface area contributed by atoms with E-state index in [2.05, 4.69) is 60.8 Å². The van der Waals surface area contributed by atoms with Crippen molar-refractivity contribution in [1.29, 1.82) is 0 Å². The Hall–Kier alpha value is -2.81. The van der Waals surface area contributed by atoms with Crippen LogP contribution in [-0.2, 0) is 4.74 Å². The molecule has 0 aromatic carbocycles. The number of pyridine rings is 2. The standard InChI is InChI=1S/C25H30N6OS/c1-19-8-9-22(31(19)20-6-4-10-26-18-20)24-23(21-7-2-3-11-27-21)28-25(33)30(24)13-5-12-29-14-16-32-17-15-29/h2-4,6-11,18,23-24H,5,12-17H2,1H3,(H,28,33)/t23-,24-/m1/s1. The first-order valence-corrected chi connectivity index (χ1v) is 12.0. The first-order valence-electron chi connectivity index (χ1n) is 11.6. The van der Waals surface area contributed by atoms with Crippen LogP contribution in [0, 0.1) is 6.92 Å². The molecule has 3 aromatic rings. The third-order valence-corrected chi connectivity index (χ3v) is 6.84. The Morgan fingerprint density at radius 1 is 1.06 bits per heavy atom. The van der Waals surface area contributed by atoms with Gasteiger partial charge in [0.2, 0.25) is 0 Å². The average Bonchev–Trinajstić information content (AvgIpc) is 3.40. The molecule has 0 spiro atoms. The van der Waals surface area contributed by atoms with Crippen molar-refractivity contribution in [1.82, 2.24) is 29.7 Å². The van der Waals surface area contributed by atoms with Gasteiger partial charge in [-0.3, -0.25) is 14.9 Å². The summed E-state index contributed by atoms with van der Waals surface area (Å²) < 4.78 is 7.78. The van der Waals surface area contributed by atoms with Gasteiger partial charge in [-0.1, -0.05) is 6.07 Å². The summed E-state index contributed by atoms with van der Waals surface area (Å²) in [5.41, 5.74) is 4.41. The van der Waals surface area contributed by atoms with E-state index in [9.17, 15) is 0 Å². The number of aromatic nitrogens is 3. The largest absolute Gasteiger partial charge is 0.379 e. The van der Waals surface area contributed by atoms with Crippen molar-refractivity contribution in [3.63, 3.8) is 0 Å². The van der Waals surface area contributed by atoms with Crippen LogP contribution in [-0.4, -0.2) is 68.8 Å². The van der Waals surface area contributed by atoms with Crippen LogP contribution in [0.3, 0.4) is 0 Å². The van der Waals surface area contributed by atoms with Crippen LogP contribution in [0.1, 0.15) is 35.6 Å². The third kappa shape index (κ3) is 4.64. The lowest BCUT2D eigenvalue weighted by Gasteiger charge is -2.31. The molecule has 33 heavy (non-hydrogen) atoms. The summed E-state index contributed by atoms with van der Waals surface area (Å²) in [7, 11) is 0. The molecule has 0 saturated carbocycles. The summed E-state index contributed by atoms with van der Waals surface area (Å²) in [5.74, 6) is 0. The molecular weight excluding hydrogens is 432 g/mol. The molecule has 0 amide bonds. The zero-order valence-electron chi connectivity index (χ0n) is 18.9. The Morgan fingerprint density at radius 2 is 1.94 bits per heavy atom. The van der Waals surface area contributed by atoms with Crippen LogP contribution in [0.2, 0.25) is 0 Å². The Kier molecular flexibility index (Phi) is 6.66. The Bertz CT molecular complexity index is 1070. The molecule has 5 rings (SSSR count). The average molecular weight is 463 g/mol. The van der Waals surface area contributed by atoms with Gasteiger partial charge in [0.1, 0.15) is 0 Å². The minimum Gasteiger partial charge on any atom is -0.379 e. The van der Waals surface area contributed by atoms with E-state index in [1.807, 2.05) is 36.8 Å². The highest BCUT2D eigenvalue weighted by atomic mass is 32.1. The fourth-order valence-electron chi connectivity index (χ4n) is 4.89. The molecule has 2 atom stereocenters. The van der Waals surface area contributed by atoms with E-state index in [1.165, 1.54) is 11.4 Å². The van der Waals surface area contributed by atoms with E-state index in [0.717, 1.165) is 62.3 Å². The lowest BCUT2D eigenvalue weighted by atomic mass is 10.0. The second-order valence-corrected chi connectivity index (χ2v) is 8.96. The zero-order chi connectivity index (χ0) is 22.6. The monoisotopic (exact) mass is 462 g/mol. The van der Waals surface area contributed by atoms with Crippen molar-refractivity contribution in [3.8, 4) is 5.69 Å². The van der Waals surface area contributed by atoms with E-state index in [4.69, 9.17) is 17.0 Å². The SMILES string of the molecule is Cc1ccc([C@@H]2[C@@H](c3ccccn3)NC(=S)N2CCCN2CCOCC2)n1-c1cccnc1.